The van der Waals surface area contributed by atoms with E-state index in [9.17, 15) is 0 Å². The summed E-state index contributed by atoms with van der Waals surface area (Å²) in [6.07, 6.45) is 4.65. The third-order valence-electron chi connectivity index (χ3n) is 2.29. The maximum atomic E-state index is 5.50. The first-order chi connectivity index (χ1) is 6.38. The van der Waals surface area contributed by atoms with Gasteiger partial charge in [-0.25, -0.2) is 0 Å². The zero-order chi connectivity index (χ0) is 9.52. The standard InChI is InChI=1S/C12H19N/c1-2-6-11-7-3-4-8-12(11)9-5-10-13/h3-4,7-8H,2,5-6,9-10,13H2,1H3. The molecule has 0 aliphatic rings. The Morgan fingerprint density at radius 2 is 1.69 bits per heavy atom. The molecule has 0 fully saturated rings. The van der Waals surface area contributed by atoms with Crippen LogP contribution in [0.25, 0.3) is 0 Å². The topological polar surface area (TPSA) is 26.0 Å². The summed E-state index contributed by atoms with van der Waals surface area (Å²) < 4.78 is 0. The highest BCUT2D eigenvalue weighted by Gasteiger charge is 1.99. The van der Waals surface area contributed by atoms with E-state index in [1.54, 1.807) is 0 Å². The minimum atomic E-state index is 0.792. The Morgan fingerprint density at radius 1 is 1.08 bits per heavy atom. The molecule has 0 atom stereocenters. The summed E-state index contributed by atoms with van der Waals surface area (Å²) >= 11 is 0. The summed E-state index contributed by atoms with van der Waals surface area (Å²) in [5.74, 6) is 0. The summed E-state index contributed by atoms with van der Waals surface area (Å²) in [6, 6.07) is 8.69. The van der Waals surface area contributed by atoms with E-state index in [4.69, 9.17) is 5.73 Å². The number of hydrogen-bond acceptors (Lipinski definition) is 1. The molecule has 0 saturated heterocycles. The van der Waals surface area contributed by atoms with Crippen LogP contribution in [0.1, 0.15) is 30.9 Å². The molecule has 1 rings (SSSR count). The van der Waals surface area contributed by atoms with Crippen LogP contribution in [0, 0.1) is 0 Å². The molecular formula is C12H19N. The van der Waals surface area contributed by atoms with Gasteiger partial charge in [0.15, 0.2) is 0 Å². The van der Waals surface area contributed by atoms with Crippen molar-refractivity contribution in [3.8, 4) is 0 Å². The van der Waals surface area contributed by atoms with E-state index in [0.717, 1.165) is 19.4 Å². The van der Waals surface area contributed by atoms with Gasteiger partial charge >= 0.3 is 0 Å². The fourth-order valence-electron chi connectivity index (χ4n) is 1.61. The van der Waals surface area contributed by atoms with Gasteiger partial charge in [-0.15, -0.1) is 0 Å². The third-order valence-corrected chi connectivity index (χ3v) is 2.29. The quantitative estimate of drug-likeness (QED) is 0.735. The van der Waals surface area contributed by atoms with Crippen LogP contribution in [0.4, 0.5) is 0 Å². The Bertz CT molecular complexity index is 243. The Kier molecular flexibility index (Phi) is 4.55. The van der Waals surface area contributed by atoms with E-state index >= 15 is 0 Å². The van der Waals surface area contributed by atoms with Crippen molar-refractivity contribution in [1.82, 2.24) is 0 Å². The van der Waals surface area contributed by atoms with E-state index < -0.39 is 0 Å². The van der Waals surface area contributed by atoms with Crippen molar-refractivity contribution in [1.29, 1.82) is 0 Å². The average Bonchev–Trinajstić information content (AvgIpc) is 2.17. The first-order valence-corrected chi connectivity index (χ1v) is 5.15. The van der Waals surface area contributed by atoms with Gasteiger partial charge in [0.05, 0.1) is 0 Å². The van der Waals surface area contributed by atoms with Crippen LogP contribution in [0.3, 0.4) is 0 Å². The fourth-order valence-corrected chi connectivity index (χ4v) is 1.61. The maximum absolute atomic E-state index is 5.50. The van der Waals surface area contributed by atoms with Crippen molar-refractivity contribution < 1.29 is 0 Å². The predicted octanol–water partition coefficient (Wildman–Crippen LogP) is 2.53. The lowest BCUT2D eigenvalue weighted by Crippen LogP contribution is -2.02. The first kappa shape index (κ1) is 10.3. The Balaban J connectivity index is 2.66. The van der Waals surface area contributed by atoms with Gasteiger partial charge in [0.25, 0.3) is 0 Å². The van der Waals surface area contributed by atoms with E-state index in [1.807, 2.05) is 0 Å². The Labute approximate surface area is 81.0 Å². The molecule has 0 saturated carbocycles. The lowest BCUT2D eigenvalue weighted by molar-refractivity contribution is 0.811. The molecular weight excluding hydrogens is 158 g/mol. The molecule has 13 heavy (non-hydrogen) atoms. The molecule has 0 bridgehead atoms. The largest absolute Gasteiger partial charge is 0.330 e. The maximum Gasteiger partial charge on any atom is -0.00741 e. The lowest BCUT2D eigenvalue weighted by Gasteiger charge is -2.07. The van der Waals surface area contributed by atoms with Gasteiger partial charge in [-0.05, 0) is 36.9 Å². The van der Waals surface area contributed by atoms with Crippen LogP contribution in [-0.4, -0.2) is 6.54 Å². The van der Waals surface area contributed by atoms with Crippen molar-refractivity contribution in [2.24, 2.45) is 5.73 Å². The molecule has 0 radical (unpaired) electrons. The molecule has 0 heterocycles. The molecule has 1 aromatic rings. The highest BCUT2D eigenvalue weighted by atomic mass is 14.5. The Morgan fingerprint density at radius 3 is 2.23 bits per heavy atom. The van der Waals surface area contributed by atoms with Gasteiger partial charge < -0.3 is 5.73 Å². The van der Waals surface area contributed by atoms with Crippen molar-refractivity contribution in [3.05, 3.63) is 35.4 Å². The molecule has 0 aliphatic heterocycles. The number of rotatable bonds is 5. The second kappa shape index (κ2) is 5.76. The molecule has 0 aliphatic carbocycles. The van der Waals surface area contributed by atoms with Crippen molar-refractivity contribution in [2.45, 2.75) is 32.6 Å². The van der Waals surface area contributed by atoms with E-state index in [2.05, 4.69) is 31.2 Å². The smallest absolute Gasteiger partial charge is 0.00741 e. The predicted molar refractivity (Wildman–Crippen MR) is 57.8 cm³/mol. The molecule has 0 unspecified atom stereocenters. The molecule has 0 aromatic heterocycles. The van der Waals surface area contributed by atoms with Crippen LogP contribution < -0.4 is 5.73 Å². The van der Waals surface area contributed by atoms with Crippen LogP contribution in [-0.2, 0) is 12.8 Å². The third kappa shape index (κ3) is 3.19. The Hall–Kier alpha value is -0.820. The number of hydrogen-bond donors (Lipinski definition) is 1. The second-order valence-corrected chi connectivity index (χ2v) is 3.41. The SMILES string of the molecule is CCCc1ccccc1CCCN. The summed E-state index contributed by atoms with van der Waals surface area (Å²) in [4.78, 5) is 0. The van der Waals surface area contributed by atoms with Gasteiger partial charge in [0, 0.05) is 0 Å². The second-order valence-electron chi connectivity index (χ2n) is 3.41. The van der Waals surface area contributed by atoms with Crippen molar-refractivity contribution >= 4 is 0 Å². The molecule has 2 N–H and O–H groups in total. The molecule has 1 aromatic carbocycles. The van der Waals surface area contributed by atoms with E-state index in [-0.39, 0.29) is 0 Å². The normalized spacial score (nSPS) is 10.3. The van der Waals surface area contributed by atoms with Crippen molar-refractivity contribution in [3.63, 3.8) is 0 Å². The van der Waals surface area contributed by atoms with Gasteiger partial charge in [-0.1, -0.05) is 37.6 Å². The monoisotopic (exact) mass is 177 g/mol. The fraction of sp³-hybridized carbons (Fsp3) is 0.500. The van der Waals surface area contributed by atoms with Crippen LogP contribution >= 0.6 is 0 Å². The molecule has 1 nitrogen and oxygen atoms in total. The summed E-state index contributed by atoms with van der Waals surface area (Å²) in [5.41, 5.74) is 8.48. The average molecular weight is 177 g/mol. The zero-order valence-corrected chi connectivity index (χ0v) is 8.42. The number of nitrogens with two attached hydrogens (primary N) is 1. The first-order valence-electron chi connectivity index (χ1n) is 5.15. The minimum Gasteiger partial charge on any atom is -0.330 e. The number of aryl methyl sites for hydroxylation is 2. The van der Waals surface area contributed by atoms with Crippen LogP contribution in [0.15, 0.2) is 24.3 Å². The van der Waals surface area contributed by atoms with Crippen LogP contribution in [0.2, 0.25) is 0 Å². The summed E-state index contributed by atoms with van der Waals surface area (Å²) in [5, 5.41) is 0. The van der Waals surface area contributed by atoms with E-state index in [1.165, 1.54) is 24.0 Å². The zero-order valence-electron chi connectivity index (χ0n) is 8.42. The highest BCUT2D eigenvalue weighted by Crippen LogP contribution is 2.12. The molecule has 72 valence electrons. The minimum absolute atomic E-state index is 0.792. The summed E-state index contributed by atoms with van der Waals surface area (Å²) in [6.45, 7) is 3.01. The molecule has 1 heteroatoms. The van der Waals surface area contributed by atoms with Crippen molar-refractivity contribution in [2.75, 3.05) is 6.54 Å². The molecule has 0 spiro atoms. The van der Waals surface area contributed by atoms with Gasteiger partial charge in [0.1, 0.15) is 0 Å². The summed E-state index contributed by atoms with van der Waals surface area (Å²) in [7, 11) is 0. The highest BCUT2D eigenvalue weighted by molar-refractivity contribution is 5.27. The lowest BCUT2D eigenvalue weighted by atomic mass is 10.00. The van der Waals surface area contributed by atoms with E-state index in [0.29, 0.717) is 0 Å². The number of benzene rings is 1. The van der Waals surface area contributed by atoms with Gasteiger partial charge in [-0.2, -0.15) is 0 Å². The van der Waals surface area contributed by atoms with Crippen LogP contribution in [0.5, 0.6) is 0 Å². The van der Waals surface area contributed by atoms with Gasteiger partial charge in [-0.3, -0.25) is 0 Å². The molecule has 0 amide bonds. The van der Waals surface area contributed by atoms with Gasteiger partial charge in [0.2, 0.25) is 0 Å².